The number of likely N-dealkylation sites (N-methyl/N-ethyl adjacent to an activating group) is 1. The number of hydrogen-bond donors (Lipinski definition) is 1. The van der Waals surface area contributed by atoms with Gasteiger partial charge in [0, 0.05) is 30.9 Å². The van der Waals surface area contributed by atoms with Crippen molar-refractivity contribution >= 4 is 22.5 Å². The quantitative estimate of drug-likeness (QED) is 0.660. The van der Waals surface area contributed by atoms with Crippen LogP contribution in [0.4, 0.5) is 5.69 Å². The summed E-state index contributed by atoms with van der Waals surface area (Å²) in [5.41, 5.74) is 9.62. The number of aromatic nitrogens is 1. The van der Waals surface area contributed by atoms with Gasteiger partial charge < -0.3 is 20.3 Å². The van der Waals surface area contributed by atoms with Crippen LogP contribution in [-0.2, 0) is 0 Å². The van der Waals surface area contributed by atoms with Crippen LogP contribution < -0.4 is 10.5 Å². The van der Waals surface area contributed by atoms with Crippen LogP contribution in [0.15, 0.2) is 54.6 Å². The van der Waals surface area contributed by atoms with E-state index in [9.17, 15) is 4.79 Å². The summed E-state index contributed by atoms with van der Waals surface area (Å²) < 4.78 is 5.89. The van der Waals surface area contributed by atoms with Crippen molar-refractivity contribution in [3.05, 3.63) is 65.9 Å². The number of likely N-dealkylation sites (tertiary alicyclic amines) is 1. The number of ether oxygens (including phenoxy) is 1. The van der Waals surface area contributed by atoms with Crippen LogP contribution in [-0.4, -0.2) is 61.0 Å². The molecule has 1 aromatic heterocycles. The minimum absolute atomic E-state index is 0.0262. The van der Waals surface area contributed by atoms with Crippen molar-refractivity contribution in [2.24, 2.45) is 0 Å². The van der Waals surface area contributed by atoms with Crippen LogP contribution in [0.5, 0.6) is 5.75 Å². The Morgan fingerprint density at radius 2 is 1.84 bits per heavy atom. The third-order valence-corrected chi connectivity index (χ3v) is 5.87. The molecule has 1 fully saturated rings. The first-order valence-electron chi connectivity index (χ1n) is 10.8. The number of fused-ring (bicyclic) bond motifs is 1. The lowest BCUT2D eigenvalue weighted by Gasteiger charge is -2.32. The number of para-hydroxylation sites is 2. The zero-order valence-electron chi connectivity index (χ0n) is 18.3. The number of carbonyl (C=O) groups is 1. The van der Waals surface area contributed by atoms with Gasteiger partial charge in [-0.05, 0) is 51.2 Å². The molecule has 0 bridgehead atoms. The Bertz CT molecular complexity index is 1060. The molecule has 2 N–H and O–H groups in total. The van der Waals surface area contributed by atoms with Crippen molar-refractivity contribution in [1.82, 2.24) is 14.8 Å². The topological polar surface area (TPSA) is 71.7 Å². The summed E-state index contributed by atoms with van der Waals surface area (Å²) in [6, 6.07) is 17.6. The number of pyridine rings is 1. The molecule has 0 spiro atoms. The maximum absolute atomic E-state index is 13.2. The molecule has 1 aliphatic rings. The van der Waals surface area contributed by atoms with Crippen LogP contribution >= 0.6 is 0 Å². The Balaban J connectivity index is 1.44. The molecule has 2 aromatic carbocycles. The van der Waals surface area contributed by atoms with Crippen molar-refractivity contribution in [3.63, 3.8) is 0 Å². The molecule has 1 saturated heterocycles. The Hall–Kier alpha value is -3.12. The van der Waals surface area contributed by atoms with Gasteiger partial charge in [-0.15, -0.1) is 0 Å². The number of carbonyl (C=O) groups excluding carboxylic acids is 1. The summed E-state index contributed by atoms with van der Waals surface area (Å²) in [7, 11) is 4.00. The molecule has 1 aliphatic heterocycles. The zero-order valence-corrected chi connectivity index (χ0v) is 18.3. The van der Waals surface area contributed by atoms with Crippen LogP contribution in [0.3, 0.4) is 0 Å². The standard InChI is InChI=1S/C25H30N4O2/c1-28(2)15-16-31-23-10-6-4-8-20(23)25(30)29-13-11-18(12-14-29)24-21(26)17-19-7-3-5-9-22(19)27-24/h3-10,17-18H,11-16,26H2,1-2H3. The van der Waals surface area contributed by atoms with E-state index in [-0.39, 0.29) is 11.8 Å². The molecule has 162 valence electrons. The zero-order chi connectivity index (χ0) is 21.8. The Labute approximate surface area is 183 Å². The second-order valence-corrected chi connectivity index (χ2v) is 8.37. The largest absolute Gasteiger partial charge is 0.491 e. The highest BCUT2D eigenvalue weighted by Crippen LogP contribution is 2.33. The third kappa shape index (κ3) is 4.80. The summed E-state index contributed by atoms with van der Waals surface area (Å²) in [6.45, 7) is 2.72. The lowest BCUT2D eigenvalue weighted by atomic mass is 9.91. The molecular weight excluding hydrogens is 388 g/mol. The molecule has 0 saturated carbocycles. The first-order chi connectivity index (χ1) is 15.0. The van der Waals surface area contributed by atoms with E-state index in [1.54, 1.807) is 0 Å². The number of amides is 1. The first-order valence-corrected chi connectivity index (χ1v) is 10.8. The molecule has 0 radical (unpaired) electrons. The number of nitrogen functional groups attached to an aromatic ring is 1. The van der Waals surface area contributed by atoms with E-state index in [1.165, 1.54) is 0 Å². The van der Waals surface area contributed by atoms with Crippen molar-refractivity contribution in [2.75, 3.05) is 46.1 Å². The van der Waals surface area contributed by atoms with Crippen LogP contribution in [0.25, 0.3) is 10.9 Å². The van der Waals surface area contributed by atoms with E-state index in [0.717, 1.165) is 41.7 Å². The van der Waals surface area contributed by atoms with Gasteiger partial charge in [0.1, 0.15) is 12.4 Å². The minimum atomic E-state index is 0.0262. The van der Waals surface area contributed by atoms with E-state index in [4.69, 9.17) is 15.5 Å². The second-order valence-electron chi connectivity index (χ2n) is 8.37. The van der Waals surface area contributed by atoms with E-state index in [0.29, 0.717) is 31.0 Å². The van der Waals surface area contributed by atoms with Gasteiger partial charge >= 0.3 is 0 Å². The predicted octanol–water partition coefficient (Wildman–Crippen LogP) is 3.78. The van der Waals surface area contributed by atoms with E-state index in [2.05, 4.69) is 4.90 Å². The predicted molar refractivity (Wildman–Crippen MR) is 125 cm³/mol. The first kappa shape index (κ1) is 21.1. The average Bonchev–Trinajstić information content (AvgIpc) is 2.78. The normalized spacial score (nSPS) is 14.9. The summed E-state index contributed by atoms with van der Waals surface area (Å²) >= 11 is 0. The smallest absolute Gasteiger partial charge is 0.257 e. The van der Waals surface area contributed by atoms with Gasteiger partial charge in [-0.3, -0.25) is 9.78 Å². The molecule has 1 amide bonds. The SMILES string of the molecule is CN(C)CCOc1ccccc1C(=O)N1CCC(c2nc3ccccc3cc2N)CC1. The van der Waals surface area contributed by atoms with Gasteiger partial charge in [0.25, 0.3) is 5.91 Å². The lowest BCUT2D eigenvalue weighted by molar-refractivity contribution is 0.0707. The molecular formula is C25H30N4O2. The number of nitrogens with two attached hydrogens (primary N) is 1. The highest BCUT2D eigenvalue weighted by atomic mass is 16.5. The number of hydrogen-bond acceptors (Lipinski definition) is 5. The van der Waals surface area contributed by atoms with Crippen LogP contribution in [0, 0.1) is 0 Å². The maximum Gasteiger partial charge on any atom is 0.257 e. The third-order valence-electron chi connectivity index (χ3n) is 5.87. The molecule has 2 heterocycles. The van der Waals surface area contributed by atoms with Gasteiger partial charge in [-0.25, -0.2) is 0 Å². The molecule has 3 aromatic rings. The van der Waals surface area contributed by atoms with Crippen LogP contribution in [0.2, 0.25) is 0 Å². The number of benzene rings is 2. The Morgan fingerprint density at radius 1 is 1.13 bits per heavy atom. The average molecular weight is 419 g/mol. The number of anilines is 1. The molecule has 6 nitrogen and oxygen atoms in total. The van der Waals surface area contributed by atoms with E-state index < -0.39 is 0 Å². The highest BCUT2D eigenvalue weighted by Gasteiger charge is 2.28. The van der Waals surface area contributed by atoms with Crippen molar-refractivity contribution in [2.45, 2.75) is 18.8 Å². The molecule has 0 atom stereocenters. The Kier molecular flexibility index (Phi) is 6.37. The van der Waals surface area contributed by atoms with Crippen molar-refractivity contribution in [1.29, 1.82) is 0 Å². The van der Waals surface area contributed by atoms with Gasteiger partial charge in [-0.2, -0.15) is 0 Å². The highest BCUT2D eigenvalue weighted by molar-refractivity contribution is 5.97. The monoisotopic (exact) mass is 418 g/mol. The molecule has 0 unspecified atom stereocenters. The summed E-state index contributed by atoms with van der Waals surface area (Å²) in [6.07, 6.45) is 1.70. The molecule has 4 rings (SSSR count). The fourth-order valence-corrected chi connectivity index (χ4v) is 4.11. The number of rotatable bonds is 6. The summed E-state index contributed by atoms with van der Waals surface area (Å²) in [5.74, 6) is 0.940. The second kappa shape index (κ2) is 9.35. The summed E-state index contributed by atoms with van der Waals surface area (Å²) in [5, 5.41) is 1.06. The summed E-state index contributed by atoms with van der Waals surface area (Å²) in [4.78, 5) is 22.0. The van der Waals surface area contributed by atoms with Gasteiger partial charge in [0.15, 0.2) is 0 Å². The Morgan fingerprint density at radius 3 is 2.61 bits per heavy atom. The van der Waals surface area contributed by atoms with E-state index >= 15 is 0 Å². The van der Waals surface area contributed by atoms with E-state index in [1.807, 2.05) is 73.6 Å². The van der Waals surface area contributed by atoms with Gasteiger partial charge in [0.2, 0.25) is 0 Å². The van der Waals surface area contributed by atoms with Gasteiger partial charge in [-0.1, -0.05) is 30.3 Å². The van der Waals surface area contributed by atoms with Crippen molar-refractivity contribution in [3.8, 4) is 5.75 Å². The van der Waals surface area contributed by atoms with Gasteiger partial charge in [0.05, 0.1) is 22.5 Å². The van der Waals surface area contributed by atoms with Crippen LogP contribution in [0.1, 0.15) is 34.8 Å². The fourth-order valence-electron chi connectivity index (χ4n) is 4.11. The lowest BCUT2D eigenvalue weighted by Crippen LogP contribution is -2.38. The molecule has 31 heavy (non-hydrogen) atoms. The fraction of sp³-hybridized carbons (Fsp3) is 0.360. The number of piperidine rings is 1. The number of nitrogens with zero attached hydrogens (tertiary/aromatic N) is 3. The molecule has 6 heteroatoms. The maximum atomic E-state index is 13.2. The minimum Gasteiger partial charge on any atom is -0.491 e. The van der Waals surface area contributed by atoms with Crippen molar-refractivity contribution < 1.29 is 9.53 Å². The molecule has 0 aliphatic carbocycles.